The lowest BCUT2D eigenvalue weighted by atomic mass is 9.97. The van der Waals surface area contributed by atoms with Gasteiger partial charge in [0.25, 0.3) is 0 Å². The van der Waals surface area contributed by atoms with Gasteiger partial charge in [-0.1, -0.05) is 6.92 Å². The monoisotopic (exact) mass is 295 g/mol. The maximum Gasteiger partial charge on any atom is 0.141 e. The topological polar surface area (TPSA) is 37.4 Å². The van der Waals surface area contributed by atoms with Gasteiger partial charge in [-0.3, -0.25) is 9.88 Å². The van der Waals surface area contributed by atoms with Crippen LogP contribution in [0.25, 0.3) is 0 Å². The average Bonchev–Trinajstić information content (AvgIpc) is 3.31. The lowest BCUT2D eigenvalue weighted by Crippen LogP contribution is -2.38. The first-order chi connectivity index (χ1) is 10.2. The Kier molecular flexibility index (Phi) is 6.08. The quantitative estimate of drug-likeness (QED) is 0.758. The minimum atomic E-state index is -0.291. The molecule has 1 N–H and O–H groups in total. The standard InChI is InChI=1S/C16H26FN3O/c1-12(11-20(8-9-21-3)14-5-6-14)16(18-2)15-7-4-13(17)10-19-15/h4,7,10,12,14,16,18H,5-6,8-9,11H2,1-3H3. The predicted molar refractivity (Wildman–Crippen MR) is 81.6 cm³/mol. The van der Waals surface area contributed by atoms with Crippen molar-refractivity contribution >= 4 is 0 Å². The molecule has 1 fully saturated rings. The van der Waals surface area contributed by atoms with E-state index in [1.54, 1.807) is 13.2 Å². The fraction of sp³-hybridized carbons (Fsp3) is 0.688. The number of nitrogens with zero attached hydrogens (tertiary/aromatic N) is 2. The number of hydrogen-bond acceptors (Lipinski definition) is 4. The molecule has 2 unspecified atom stereocenters. The summed E-state index contributed by atoms with van der Waals surface area (Å²) in [5.41, 5.74) is 0.897. The van der Waals surface area contributed by atoms with E-state index < -0.39 is 0 Å². The molecule has 1 aliphatic rings. The molecule has 0 radical (unpaired) electrons. The number of aromatic nitrogens is 1. The zero-order valence-electron chi connectivity index (χ0n) is 13.2. The van der Waals surface area contributed by atoms with Crippen LogP contribution in [0.15, 0.2) is 18.3 Å². The molecule has 0 saturated heterocycles. The molecule has 21 heavy (non-hydrogen) atoms. The van der Waals surface area contributed by atoms with Gasteiger partial charge < -0.3 is 10.1 Å². The molecule has 2 atom stereocenters. The second-order valence-electron chi connectivity index (χ2n) is 5.86. The van der Waals surface area contributed by atoms with Crippen LogP contribution < -0.4 is 5.32 Å². The Hall–Kier alpha value is -1.04. The minimum absolute atomic E-state index is 0.134. The van der Waals surface area contributed by atoms with Crippen LogP contribution in [-0.4, -0.2) is 49.8 Å². The molecule has 1 heterocycles. The molecular formula is C16H26FN3O. The van der Waals surface area contributed by atoms with Gasteiger partial charge in [-0.15, -0.1) is 0 Å². The zero-order valence-corrected chi connectivity index (χ0v) is 13.2. The van der Waals surface area contributed by atoms with Crippen molar-refractivity contribution in [2.75, 3.05) is 33.9 Å². The summed E-state index contributed by atoms with van der Waals surface area (Å²) in [5, 5.41) is 3.32. The molecule has 4 nitrogen and oxygen atoms in total. The van der Waals surface area contributed by atoms with E-state index in [1.165, 1.54) is 25.1 Å². The third-order valence-electron chi connectivity index (χ3n) is 4.12. The Morgan fingerprint density at radius 3 is 2.76 bits per heavy atom. The van der Waals surface area contributed by atoms with E-state index in [9.17, 15) is 4.39 Å². The van der Waals surface area contributed by atoms with Crippen LogP contribution in [0.3, 0.4) is 0 Å². The summed E-state index contributed by atoms with van der Waals surface area (Å²) < 4.78 is 18.2. The summed E-state index contributed by atoms with van der Waals surface area (Å²) in [4.78, 5) is 6.72. The molecule has 1 aliphatic carbocycles. The highest BCUT2D eigenvalue weighted by Crippen LogP contribution is 2.29. The van der Waals surface area contributed by atoms with E-state index in [1.807, 2.05) is 7.05 Å². The maximum absolute atomic E-state index is 13.0. The molecule has 0 spiro atoms. The third-order valence-corrected chi connectivity index (χ3v) is 4.12. The molecule has 118 valence electrons. The first kappa shape index (κ1) is 16.3. The maximum atomic E-state index is 13.0. The summed E-state index contributed by atoms with van der Waals surface area (Å²) in [6.07, 6.45) is 3.86. The predicted octanol–water partition coefficient (Wildman–Crippen LogP) is 2.23. The third kappa shape index (κ3) is 4.73. The van der Waals surface area contributed by atoms with E-state index >= 15 is 0 Å². The first-order valence-corrected chi connectivity index (χ1v) is 7.67. The van der Waals surface area contributed by atoms with Crippen LogP contribution in [-0.2, 0) is 4.74 Å². The number of rotatable bonds is 9. The van der Waals surface area contributed by atoms with Crippen molar-refractivity contribution in [3.05, 3.63) is 29.8 Å². The van der Waals surface area contributed by atoms with E-state index in [0.717, 1.165) is 25.4 Å². The van der Waals surface area contributed by atoms with Gasteiger partial charge in [-0.05, 0) is 37.9 Å². The van der Waals surface area contributed by atoms with Crippen LogP contribution in [0.4, 0.5) is 4.39 Å². The van der Waals surface area contributed by atoms with Crippen molar-refractivity contribution in [2.45, 2.75) is 31.8 Å². The summed E-state index contributed by atoms with van der Waals surface area (Å²) >= 11 is 0. The van der Waals surface area contributed by atoms with Gasteiger partial charge in [-0.25, -0.2) is 4.39 Å². The zero-order chi connectivity index (χ0) is 15.2. The number of nitrogens with one attached hydrogen (secondary N) is 1. The van der Waals surface area contributed by atoms with Gasteiger partial charge in [-0.2, -0.15) is 0 Å². The van der Waals surface area contributed by atoms with E-state index in [0.29, 0.717) is 12.0 Å². The van der Waals surface area contributed by atoms with Crippen molar-refractivity contribution < 1.29 is 9.13 Å². The number of ether oxygens (including phenoxy) is 1. The van der Waals surface area contributed by atoms with Crippen molar-refractivity contribution in [3.8, 4) is 0 Å². The Morgan fingerprint density at radius 1 is 1.48 bits per heavy atom. The lowest BCUT2D eigenvalue weighted by Gasteiger charge is -2.30. The molecule has 1 aromatic rings. The molecule has 5 heteroatoms. The Labute approximate surface area is 126 Å². The molecule has 0 amide bonds. The van der Waals surface area contributed by atoms with Crippen LogP contribution in [0, 0.1) is 11.7 Å². The van der Waals surface area contributed by atoms with Crippen molar-refractivity contribution in [2.24, 2.45) is 5.92 Å². The summed E-state index contributed by atoms with van der Waals surface area (Å²) in [6.45, 7) is 4.95. The first-order valence-electron chi connectivity index (χ1n) is 7.67. The van der Waals surface area contributed by atoms with Crippen LogP contribution in [0.1, 0.15) is 31.5 Å². The normalized spacial score (nSPS) is 18.0. The van der Waals surface area contributed by atoms with E-state index in [2.05, 4.69) is 22.1 Å². The summed E-state index contributed by atoms with van der Waals surface area (Å²) in [7, 11) is 3.68. The van der Waals surface area contributed by atoms with Crippen molar-refractivity contribution in [1.82, 2.24) is 15.2 Å². The lowest BCUT2D eigenvalue weighted by molar-refractivity contribution is 0.127. The van der Waals surface area contributed by atoms with E-state index in [4.69, 9.17) is 4.74 Å². The highest BCUT2D eigenvalue weighted by Gasteiger charge is 2.31. The van der Waals surface area contributed by atoms with Gasteiger partial charge in [0.1, 0.15) is 5.82 Å². The largest absolute Gasteiger partial charge is 0.383 e. The summed E-state index contributed by atoms with van der Waals surface area (Å²) in [5.74, 6) is 0.103. The molecule has 0 aliphatic heterocycles. The Morgan fingerprint density at radius 2 is 2.24 bits per heavy atom. The van der Waals surface area contributed by atoms with Gasteiger partial charge in [0.05, 0.1) is 24.5 Å². The highest BCUT2D eigenvalue weighted by atomic mass is 19.1. The van der Waals surface area contributed by atoms with Crippen molar-refractivity contribution in [1.29, 1.82) is 0 Å². The van der Waals surface area contributed by atoms with Gasteiger partial charge in [0, 0.05) is 26.2 Å². The van der Waals surface area contributed by atoms with E-state index in [-0.39, 0.29) is 11.9 Å². The summed E-state index contributed by atoms with van der Waals surface area (Å²) in [6, 6.07) is 4.09. The number of pyridine rings is 1. The number of halogens is 1. The number of hydrogen-bond donors (Lipinski definition) is 1. The minimum Gasteiger partial charge on any atom is -0.383 e. The fourth-order valence-corrected chi connectivity index (χ4v) is 2.84. The fourth-order valence-electron chi connectivity index (χ4n) is 2.84. The van der Waals surface area contributed by atoms with Gasteiger partial charge >= 0.3 is 0 Å². The molecule has 1 aromatic heterocycles. The van der Waals surface area contributed by atoms with Gasteiger partial charge in [0.15, 0.2) is 0 Å². The average molecular weight is 295 g/mol. The van der Waals surface area contributed by atoms with Gasteiger partial charge in [0.2, 0.25) is 0 Å². The van der Waals surface area contributed by atoms with Crippen LogP contribution in [0.5, 0.6) is 0 Å². The van der Waals surface area contributed by atoms with Crippen LogP contribution >= 0.6 is 0 Å². The second kappa shape index (κ2) is 7.82. The SMILES string of the molecule is CNC(c1ccc(F)cn1)C(C)CN(CCOC)C1CC1. The smallest absolute Gasteiger partial charge is 0.141 e. The molecule has 1 saturated carbocycles. The van der Waals surface area contributed by atoms with Crippen molar-refractivity contribution in [3.63, 3.8) is 0 Å². The molecule has 0 aromatic carbocycles. The molecule has 0 bridgehead atoms. The molecular weight excluding hydrogens is 269 g/mol. The number of methoxy groups -OCH3 is 1. The Bertz CT molecular complexity index is 422. The molecule has 2 rings (SSSR count). The van der Waals surface area contributed by atoms with Crippen LogP contribution in [0.2, 0.25) is 0 Å². The Balaban J connectivity index is 1.97. The second-order valence-corrected chi connectivity index (χ2v) is 5.86. The highest BCUT2D eigenvalue weighted by molar-refractivity contribution is 5.11.